The molecule has 34 heavy (non-hydrogen) atoms. The molecule has 2 amide bonds. The van der Waals surface area contributed by atoms with Gasteiger partial charge in [0.25, 0.3) is 5.91 Å². The summed E-state index contributed by atoms with van der Waals surface area (Å²) in [7, 11) is 0. The van der Waals surface area contributed by atoms with Crippen molar-refractivity contribution in [2.45, 2.75) is 39.7 Å². The summed E-state index contributed by atoms with van der Waals surface area (Å²) in [5, 5.41) is 15.4. The average molecular weight is 505 g/mol. The lowest BCUT2D eigenvalue weighted by Crippen LogP contribution is -2.57. The molecule has 0 unspecified atom stereocenters. The van der Waals surface area contributed by atoms with Gasteiger partial charge >= 0.3 is 5.97 Å². The van der Waals surface area contributed by atoms with E-state index in [1.807, 2.05) is 13.8 Å². The topological polar surface area (TPSA) is 113 Å². The maximum Gasteiger partial charge on any atom is 0.326 e. The number of Topliss-reactive ketones (excluding diaryl/α,β-unsaturated/α-hetero) is 1. The number of carbonyl (C=O) groups excluding carboxylic acids is 3. The van der Waals surface area contributed by atoms with Crippen molar-refractivity contribution >= 4 is 52.5 Å². The van der Waals surface area contributed by atoms with Crippen molar-refractivity contribution < 1.29 is 24.3 Å². The van der Waals surface area contributed by atoms with E-state index >= 15 is 0 Å². The third-order valence-electron chi connectivity index (χ3n) is 6.53. The lowest BCUT2D eigenvalue weighted by atomic mass is 9.53. The highest BCUT2D eigenvalue weighted by Gasteiger charge is 2.53. The lowest BCUT2D eigenvalue weighted by molar-refractivity contribution is -0.152. The van der Waals surface area contributed by atoms with Crippen LogP contribution in [0.4, 0.5) is 5.69 Å². The van der Waals surface area contributed by atoms with Gasteiger partial charge in [-0.2, -0.15) is 0 Å². The van der Waals surface area contributed by atoms with E-state index in [9.17, 15) is 24.3 Å². The molecule has 3 atom stereocenters. The van der Waals surface area contributed by atoms with Gasteiger partial charge in [-0.3, -0.25) is 14.4 Å². The summed E-state index contributed by atoms with van der Waals surface area (Å²) < 4.78 is 0. The Kier molecular flexibility index (Phi) is 7.68. The molecule has 3 rings (SSSR count). The van der Waals surface area contributed by atoms with E-state index in [4.69, 9.17) is 23.2 Å². The van der Waals surface area contributed by atoms with Crippen LogP contribution < -0.4 is 10.6 Å². The molecule has 1 aliphatic rings. The Bertz CT molecular complexity index is 1110. The molecule has 0 radical (unpaired) electrons. The van der Waals surface area contributed by atoms with E-state index < -0.39 is 29.3 Å². The van der Waals surface area contributed by atoms with Crippen molar-refractivity contribution in [2.75, 3.05) is 5.32 Å². The fraction of sp³-hybridized carbons (Fsp3) is 0.360. The SMILES string of the molecule is CC(=O)[C@H]1C[C@@H](C(=O)N[C@@H](Cc2ccc(NC(=O)c3c(Cl)cccc3Cl)cc2)C(=O)O)C1(C)C. The molecule has 180 valence electrons. The van der Waals surface area contributed by atoms with Crippen LogP contribution in [0.15, 0.2) is 42.5 Å². The highest BCUT2D eigenvalue weighted by Crippen LogP contribution is 2.51. The number of benzene rings is 2. The number of carboxylic acid groups (broad SMARTS) is 1. The summed E-state index contributed by atoms with van der Waals surface area (Å²) in [6.45, 7) is 5.21. The molecule has 2 aromatic carbocycles. The van der Waals surface area contributed by atoms with Crippen LogP contribution in [0.5, 0.6) is 0 Å². The summed E-state index contributed by atoms with van der Waals surface area (Å²) in [4.78, 5) is 48.8. The number of aliphatic carboxylic acids is 1. The second-order valence-corrected chi connectivity index (χ2v) is 9.94. The van der Waals surface area contributed by atoms with Crippen LogP contribution in [0.1, 0.15) is 43.1 Å². The zero-order chi connectivity index (χ0) is 25.2. The third kappa shape index (κ3) is 5.42. The van der Waals surface area contributed by atoms with Crippen LogP contribution in [0, 0.1) is 17.3 Å². The molecule has 7 nitrogen and oxygen atoms in total. The number of hydrogen-bond acceptors (Lipinski definition) is 4. The predicted molar refractivity (Wildman–Crippen MR) is 130 cm³/mol. The highest BCUT2D eigenvalue weighted by atomic mass is 35.5. The van der Waals surface area contributed by atoms with Gasteiger partial charge in [-0.1, -0.05) is 55.2 Å². The monoisotopic (exact) mass is 504 g/mol. The molecule has 0 aliphatic heterocycles. The number of hydrogen-bond donors (Lipinski definition) is 3. The summed E-state index contributed by atoms with van der Waals surface area (Å²) in [6.07, 6.45) is 0.485. The van der Waals surface area contributed by atoms with Crippen molar-refractivity contribution in [1.82, 2.24) is 5.32 Å². The Balaban J connectivity index is 1.63. The summed E-state index contributed by atoms with van der Waals surface area (Å²) in [6, 6.07) is 10.3. The first-order chi connectivity index (χ1) is 15.9. The number of nitrogens with one attached hydrogen (secondary N) is 2. The van der Waals surface area contributed by atoms with E-state index in [0.29, 0.717) is 17.7 Å². The van der Waals surface area contributed by atoms with Crippen LogP contribution in [-0.4, -0.2) is 34.7 Å². The Morgan fingerprint density at radius 1 is 1.03 bits per heavy atom. The van der Waals surface area contributed by atoms with Crippen LogP contribution in [0.3, 0.4) is 0 Å². The molecule has 3 N–H and O–H groups in total. The number of anilines is 1. The zero-order valence-corrected chi connectivity index (χ0v) is 20.5. The second kappa shape index (κ2) is 10.2. The van der Waals surface area contributed by atoms with Crippen molar-refractivity contribution in [1.29, 1.82) is 0 Å². The van der Waals surface area contributed by atoms with E-state index in [1.54, 1.807) is 42.5 Å². The maximum atomic E-state index is 12.7. The Morgan fingerprint density at radius 2 is 1.62 bits per heavy atom. The minimum atomic E-state index is -1.15. The van der Waals surface area contributed by atoms with Gasteiger partial charge in [0.1, 0.15) is 11.8 Å². The number of carboxylic acids is 1. The standard InChI is InChI=1S/C25H26Cl2N2O5/c1-13(30)16-12-17(25(16,2)3)22(31)29-20(24(33)34)11-14-7-9-15(10-8-14)28-23(32)21-18(26)5-4-6-19(21)27/h4-10,16-17,20H,11-12H2,1-3H3,(H,28,32)(H,29,31)(H,33,34)/t16-,17+,20+/m1/s1. The minimum absolute atomic E-state index is 0.0350. The largest absolute Gasteiger partial charge is 0.480 e. The van der Waals surface area contributed by atoms with Crippen molar-refractivity contribution in [3.63, 3.8) is 0 Å². The van der Waals surface area contributed by atoms with Crippen molar-refractivity contribution in [3.05, 3.63) is 63.6 Å². The summed E-state index contributed by atoms with van der Waals surface area (Å²) in [5.74, 6) is -2.57. The summed E-state index contributed by atoms with van der Waals surface area (Å²) >= 11 is 12.1. The number of carbonyl (C=O) groups is 4. The zero-order valence-electron chi connectivity index (χ0n) is 19.0. The van der Waals surface area contributed by atoms with Gasteiger partial charge < -0.3 is 15.7 Å². The molecule has 1 saturated carbocycles. The Labute approximate surface area is 207 Å². The van der Waals surface area contributed by atoms with Crippen LogP contribution >= 0.6 is 23.2 Å². The van der Waals surface area contributed by atoms with E-state index in [2.05, 4.69) is 10.6 Å². The molecular weight excluding hydrogens is 479 g/mol. The molecule has 0 saturated heterocycles. The van der Waals surface area contributed by atoms with Crippen LogP contribution in [0.25, 0.3) is 0 Å². The highest BCUT2D eigenvalue weighted by molar-refractivity contribution is 6.40. The van der Waals surface area contributed by atoms with Gasteiger partial charge in [0.2, 0.25) is 5.91 Å². The number of rotatable bonds is 8. The number of halogens is 2. The van der Waals surface area contributed by atoms with E-state index in [0.717, 1.165) is 0 Å². The summed E-state index contributed by atoms with van der Waals surface area (Å²) in [5.41, 5.74) is 0.793. The molecule has 1 fully saturated rings. The second-order valence-electron chi connectivity index (χ2n) is 9.12. The van der Waals surface area contributed by atoms with Crippen LogP contribution in [-0.2, 0) is 20.8 Å². The minimum Gasteiger partial charge on any atom is -0.480 e. The normalized spacial score (nSPS) is 19.4. The quantitative estimate of drug-likeness (QED) is 0.485. The first-order valence-corrected chi connectivity index (χ1v) is 11.5. The Morgan fingerprint density at radius 3 is 2.12 bits per heavy atom. The molecule has 9 heteroatoms. The van der Waals surface area contributed by atoms with Gasteiger partial charge in [0, 0.05) is 23.9 Å². The van der Waals surface area contributed by atoms with Crippen molar-refractivity contribution in [2.24, 2.45) is 17.3 Å². The lowest BCUT2D eigenvalue weighted by Gasteiger charge is -2.50. The smallest absolute Gasteiger partial charge is 0.326 e. The Hall–Kier alpha value is -2.90. The fourth-order valence-corrected chi connectivity index (χ4v) is 4.97. The van der Waals surface area contributed by atoms with E-state index in [1.165, 1.54) is 6.92 Å². The predicted octanol–water partition coefficient (Wildman–Crippen LogP) is 4.61. The molecule has 1 aliphatic carbocycles. The van der Waals surface area contributed by atoms with Gasteiger partial charge in [-0.05, 0) is 48.6 Å². The van der Waals surface area contributed by atoms with Gasteiger partial charge in [0.05, 0.1) is 15.6 Å². The maximum absolute atomic E-state index is 12.7. The fourth-order valence-electron chi connectivity index (χ4n) is 4.40. The molecule has 0 spiro atoms. The van der Waals surface area contributed by atoms with E-state index in [-0.39, 0.29) is 39.6 Å². The van der Waals surface area contributed by atoms with Gasteiger partial charge in [0.15, 0.2) is 0 Å². The van der Waals surface area contributed by atoms with Crippen LogP contribution in [0.2, 0.25) is 10.0 Å². The molecular formula is C25H26Cl2N2O5. The molecule has 2 aromatic rings. The van der Waals surface area contributed by atoms with Gasteiger partial charge in [-0.25, -0.2) is 4.79 Å². The third-order valence-corrected chi connectivity index (χ3v) is 7.16. The average Bonchev–Trinajstić information content (AvgIpc) is 2.73. The molecule has 0 heterocycles. The number of ketones is 1. The molecule has 0 bridgehead atoms. The first kappa shape index (κ1) is 25.7. The first-order valence-electron chi connectivity index (χ1n) is 10.8. The molecule has 0 aromatic heterocycles. The van der Waals surface area contributed by atoms with Gasteiger partial charge in [-0.15, -0.1) is 0 Å². The van der Waals surface area contributed by atoms with Crippen molar-refractivity contribution in [3.8, 4) is 0 Å². The number of amides is 2.